The van der Waals surface area contributed by atoms with Crippen molar-refractivity contribution >= 4 is 27.9 Å². The first-order valence-electron chi connectivity index (χ1n) is 7.64. The Hall–Kier alpha value is -1.56. The highest BCUT2D eigenvalue weighted by molar-refractivity contribution is 9.10. The molecule has 0 radical (unpaired) electrons. The van der Waals surface area contributed by atoms with Crippen LogP contribution in [0.2, 0.25) is 0 Å². The summed E-state index contributed by atoms with van der Waals surface area (Å²) in [6, 6.07) is 5.34. The number of amides is 2. The molecule has 0 spiro atoms. The zero-order chi connectivity index (χ0) is 17.4. The lowest BCUT2D eigenvalue weighted by Gasteiger charge is -2.44. The third kappa shape index (κ3) is 3.86. The van der Waals surface area contributed by atoms with Crippen LogP contribution in [0.15, 0.2) is 22.7 Å². The zero-order valence-electron chi connectivity index (χ0n) is 14.0. The molecule has 2 amide bonds. The number of carboxylic acid groups (broad SMARTS) is 1. The summed E-state index contributed by atoms with van der Waals surface area (Å²) in [6.07, 6.45) is -1.03. The van der Waals surface area contributed by atoms with Gasteiger partial charge in [-0.05, 0) is 35.6 Å². The summed E-state index contributed by atoms with van der Waals surface area (Å²) >= 11 is 3.44. The van der Waals surface area contributed by atoms with Crippen molar-refractivity contribution in [1.29, 1.82) is 0 Å². The van der Waals surface area contributed by atoms with Crippen molar-refractivity contribution in [2.24, 2.45) is 5.41 Å². The van der Waals surface area contributed by atoms with Gasteiger partial charge in [-0.2, -0.15) is 0 Å². The summed E-state index contributed by atoms with van der Waals surface area (Å²) < 4.78 is 1.01. The van der Waals surface area contributed by atoms with Crippen LogP contribution in [0.25, 0.3) is 0 Å². The Kier molecular flexibility index (Phi) is 5.04. The molecule has 1 aromatic carbocycles. The Balaban J connectivity index is 2.25. The average molecular weight is 383 g/mol. The predicted molar refractivity (Wildman–Crippen MR) is 92.3 cm³/mol. The fraction of sp³-hybridized carbons (Fsp3) is 0.529. The number of carbonyl (C=O) groups excluding carboxylic acids is 1. The molecule has 0 saturated carbocycles. The van der Waals surface area contributed by atoms with Crippen LogP contribution in [-0.2, 0) is 11.3 Å². The van der Waals surface area contributed by atoms with Crippen LogP contribution in [0.1, 0.15) is 31.9 Å². The van der Waals surface area contributed by atoms with E-state index in [1.165, 1.54) is 4.90 Å². The molecule has 1 heterocycles. The van der Waals surface area contributed by atoms with E-state index in [1.807, 2.05) is 45.9 Å². The van der Waals surface area contributed by atoms with Crippen molar-refractivity contribution in [2.45, 2.75) is 40.3 Å². The Bertz CT molecular complexity index is 625. The maximum atomic E-state index is 12.9. The predicted octanol–water partition coefficient (Wildman–Crippen LogP) is 3.49. The lowest BCUT2D eigenvalue weighted by atomic mass is 9.83. The molecule has 126 valence electrons. The molecule has 1 aromatic rings. The first-order chi connectivity index (χ1) is 10.6. The van der Waals surface area contributed by atoms with E-state index in [4.69, 9.17) is 0 Å². The summed E-state index contributed by atoms with van der Waals surface area (Å²) in [5, 5.41) is 9.39. The van der Waals surface area contributed by atoms with Crippen LogP contribution in [0.5, 0.6) is 0 Å². The van der Waals surface area contributed by atoms with Crippen LogP contribution >= 0.6 is 15.9 Å². The van der Waals surface area contributed by atoms with Crippen LogP contribution in [0, 0.1) is 12.3 Å². The minimum atomic E-state index is -1.03. The first kappa shape index (κ1) is 17.8. The molecule has 23 heavy (non-hydrogen) atoms. The van der Waals surface area contributed by atoms with Gasteiger partial charge in [-0.1, -0.05) is 42.8 Å². The number of halogens is 1. The average Bonchev–Trinajstić information content (AvgIpc) is 2.41. The topological polar surface area (TPSA) is 60.9 Å². The maximum Gasteiger partial charge on any atom is 0.408 e. The van der Waals surface area contributed by atoms with Gasteiger partial charge in [0.2, 0.25) is 5.91 Å². The fourth-order valence-corrected chi connectivity index (χ4v) is 3.49. The molecule has 1 aliphatic heterocycles. The van der Waals surface area contributed by atoms with Gasteiger partial charge in [-0.3, -0.25) is 9.69 Å². The second-order valence-electron chi connectivity index (χ2n) is 7.08. The van der Waals surface area contributed by atoms with Crippen molar-refractivity contribution < 1.29 is 14.7 Å². The van der Waals surface area contributed by atoms with Crippen LogP contribution in [0.4, 0.5) is 4.79 Å². The van der Waals surface area contributed by atoms with E-state index in [0.29, 0.717) is 19.6 Å². The minimum absolute atomic E-state index is 0.117. The van der Waals surface area contributed by atoms with Gasteiger partial charge in [0, 0.05) is 24.1 Å². The molecule has 1 N–H and O–H groups in total. The van der Waals surface area contributed by atoms with Crippen LogP contribution in [0.3, 0.4) is 0 Å². The van der Waals surface area contributed by atoms with E-state index >= 15 is 0 Å². The molecule has 5 nitrogen and oxygen atoms in total. The van der Waals surface area contributed by atoms with E-state index < -0.39 is 17.6 Å². The number of benzene rings is 1. The Morgan fingerprint density at radius 1 is 1.35 bits per heavy atom. The van der Waals surface area contributed by atoms with Gasteiger partial charge >= 0.3 is 6.09 Å². The van der Waals surface area contributed by atoms with Crippen LogP contribution in [-0.4, -0.2) is 46.0 Å². The molecule has 1 fully saturated rings. The molecular formula is C17H23BrN2O3. The van der Waals surface area contributed by atoms with Crippen molar-refractivity contribution in [3.05, 3.63) is 33.8 Å². The number of hydrogen-bond acceptors (Lipinski definition) is 2. The summed E-state index contributed by atoms with van der Waals surface area (Å²) in [5.74, 6) is -0.117. The summed E-state index contributed by atoms with van der Waals surface area (Å²) in [6.45, 7) is 9.00. The van der Waals surface area contributed by atoms with Gasteiger partial charge in [-0.25, -0.2) is 4.79 Å². The maximum absolute atomic E-state index is 12.9. The van der Waals surface area contributed by atoms with Crippen molar-refractivity contribution in [3.8, 4) is 0 Å². The van der Waals surface area contributed by atoms with E-state index in [-0.39, 0.29) is 5.91 Å². The van der Waals surface area contributed by atoms with Gasteiger partial charge in [0.05, 0.1) is 0 Å². The van der Waals surface area contributed by atoms with E-state index in [2.05, 4.69) is 15.9 Å². The molecule has 1 atom stereocenters. The van der Waals surface area contributed by atoms with Gasteiger partial charge < -0.3 is 10.0 Å². The third-order valence-electron chi connectivity index (χ3n) is 4.20. The molecule has 6 heteroatoms. The Labute approximate surface area is 145 Å². The molecule has 1 saturated heterocycles. The third-order valence-corrected chi connectivity index (χ3v) is 4.69. The van der Waals surface area contributed by atoms with Crippen LogP contribution < -0.4 is 0 Å². The number of piperazine rings is 1. The molecule has 2 rings (SSSR count). The lowest BCUT2D eigenvalue weighted by molar-refractivity contribution is -0.146. The zero-order valence-corrected chi connectivity index (χ0v) is 15.6. The minimum Gasteiger partial charge on any atom is -0.465 e. The first-order valence-corrected chi connectivity index (χ1v) is 8.44. The standard InChI is InChI=1S/C17H23BrN2O3/c1-11-9-13(18)6-5-12(11)10-19-7-8-20(16(22)23)14(15(19)21)17(2,3)4/h5-6,9,14H,7-8,10H2,1-4H3,(H,22,23). The second-order valence-corrected chi connectivity index (χ2v) is 7.99. The van der Waals surface area contributed by atoms with E-state index in [9.17, 15) is 14.7 Å². The molecule has 0 aliphatic carbocycles. The Morgan fingerprint density at radius 2 is 2.00 bits per heavy atom. The number of hydrogen-bond donors (Lipinski definition) is 1. The van der Waals surface area contributed by atoms with Gasteiger partial charge in [0.25, 0.3) is 0 Å². The molecule has 1 aliphatic rings. The quantitative estimate of drug-likeness (QED) is 0.851. The van der Waals surface area contributed by atoms with E-state index in [1.54, 1.807) is 4.90 Å². The smallest absolute Gasteiger partial charge is 0.408 e. The highest BCUT2D eigenvalue weighted by atomic mass is 79.9. The normalized spacial score (nSPS) is 19.2. The van der Waals surface area contributed by atoms with Crippen molar-refractivity contribution in [1.82, 2.24) is 9.80 Å². The molecule has 0 aromatic heterocycles. The molecular weight excluding hydrogens is 360 g/mol. The Morgan fingerprint density at radius 3 is 2.52 bits per heavy atom. The highest BCUT2D eigenvalue weighted by Gasteiger charge is 2.44. The number of rotatable bonds is 2. The number of carbonyl (C=O) groups is 2. The van der Waals surface area contributed by atoms with Crippen molar-refractivity contribution in [3.63, 3.8) is 0 Å². The second kappa shape index (κ2) is 6.51. The van der Waals surface area contributed by atoms with Gasteiger partial charge in [0.15, 0.2) is 0 Å². The largest absolute Gasteiger partial charge is 0.465 e. The molecule has 0 bridgehead atoms. The highest BCUT2D eigenvalue weighted by Crippen LogP contribution is 2.30. The number of nitrogens with zero attached hydrogens (tertiary/aromatic N) is 2. The molecule has 1 unspecified atom stereocenters. The fourth-order valence-electron chi connectivity index (χ4n) is 3.02. The SMILES string of the molecule is Cc1cc(Br)ccc1CN1CCN(C(=O)O)C(C(C)(C)C)C1=O. The van der Waals surface area contributed by atoms with Crippen molar-refractivity contribution in [2.75, 3.05) is 13.1 Å². The summed E-state index contributed by atoms with van der Waals surface area (Å²) in [5.41, 5.74) is 1.75. The van der Waals surface area contributed by atoms with Gasteiger partial charge in [0.1, 0.15) is 6.04 Å². The number of aryl methyl sites for hydroxylation is 1. The summed E-state index contributed by atoms with van der Waals surface area (Å²) in [7, 11) is 0. The summed E-state index contributed by atoms with van der Waals surface area (Å²) in [4.78, 5) is 27.4. The monoisotopic (exact) mass is 382 g/mol. The van der Waals surface area contributed by atoms with E-state index in [0.717, 1.165) is 15.6 Å². The lowest BCUT2D eigenvalue weighted by Crippen LogP contribution is -2.62. The van der Waals surface area contributed by atoms with Gasteiger partial charge in [-0.15, -0.1) is 0 Å².